The molecule has 0 spiro atoms. The molecule has 0 unspecified atom stereocenters. The highest BCUT2D eigenvalue weighted by Gasteiger charge is 2.49. The van der Waals surface area contributed by atoms with Crippen LogP contribution < -0.4 is 9.47 Å². The van der Waals surface area contributed by atoms with Crippen molar-refractivity contribution in [1.29, 1.82) is 0 Å². The molecule has 8 heteroatoms. The Morgan fingerprint density at radius 1 is 1.13 bits per heavy atom. The smallest absolute Gasteiger partial charge is 0.410 e. The van der Waals surface area contributed by atoms with Crippen LogP contribution >= 0.6 is 0 Å². The van der Waals surface area contributed by atoms with E-state index in [1.165, 1.54) is 6.33 Å². The summed E-state index contributed by atoms with van der Waals surface area (Å²) in [5.74, 6) is 1.89. The Morgan fingerprint density at radius 2 is 1.90 bits per heavy atom. The molecule has 1 amide bonds. The van der Waals surface area contributed by atoms with Crippen LogP contribution in [0.1, 0.15) is 44.9 Å². The van der Waals surface area contributed by atoms with Crippen molar-refractivity contribution in [3.63, 3.8) is 0 Å². The molecule has 2 aromatic heterocycles. The molecule has 30 heavy (non-hydrogen) atoms. The quantitative estimate of drug-likeness (QED) is 0.748. The summed E-state index contributed by atoms with van der Waals surface area (Å²) in [6, 6.07) is 3.82. The van der Waals surface area contributed by atoms with E-state index in [9.17, 15) is 4.79 Å². The molecule has 3 heterocycles. The summed E-state index contributed by atoms with van der Waals surface area (Å²) in [6.45, 7) is 10.1. The molecular weight excluding hydrogens is 384 g/mol. The minimum Gasteiger partial charge on any atom is -0.474 e. The first-order valence-corrected chi connectivity index (χ1v) is 10.3. The fraction of sp³-hybridized carbons (Fsp3) is 0.545. The number of carbonyl (C=O) groups is 1. The lowest BCUT2D eigenvalue weighted by molar-refractivity contribution is 0.0101. The number of hydrogen-bond donors (Lipinski definition) is 0. The monoisotopic (exact) mass is 412 g/mol. The molecule has 0 aromatic carbocycles. The summed E-state index contributed by atoms with van der Waals surface area (Å²) in [4.78, 5) is 27.1. The zero-order valence-electron chi connectivity index (χ0n) is 18.1. The molecule has 1 saturated carbocycles. The maximum Gasteiger partial charge on any atom is 0.410 e. The van der Waals surface area contributed by atoms with Crippen molar-refractivity contribution in [2.75, 3.05) is 6.54 Å². The summed E-state index contributed by atoms with van der Waals surface area (Å²) in [5.41, 5.74) is 1.04. The average molecular weight is 412 g/mol. The van der Waals surface area contributed by atoms with E-state index in [2.05, 4.69) is 15.0 Å². The SMILES string of the molecule is Cc1ncccc1Oc1ncnc(O[C@H]2C[C@H]3C[C@@H]2CN3C(=O)OC(C)(C)C)c1C. The van der Waals surface area contributed by atoms with Crippen molar-refractivity contribution in [3.8, 4) is 17.5 Å². The lowest BCUT2D eigenvalue weighted by Crippen LogP contribution is -2.45. The van der Waals surface area contributed by atoms with E-state index in [4.69, 9.17) is 14.2 Å². The van der Waals surface area contributed by atoms with E-state index >= 15 is 0 Å². The van der Waals surface area contributed by atoms with Gasteiger partial charge in [-0.15, -0.1) is 0 Å². The standard InChI is InChI=1S/C22H28N4O4/c1-13-19(28-17-7-6-8-23-14(17)2)24-12-25-20(13)29-18-10-16-9-15(18)11-26(16)21(27)30-22(3,4)5/h6-8,12,15-16,18H,9-11H2,1-5H3/t15-,16-,18+/m1/s1. The van der Waals surface area contributed by atoms with Crippen molar-refractivity contribution in [2.45, 2.75) is 65.2 Å². The van der Waals surface area contributed by atoms with Gasteiger partial charge in [0.1, 0.15) is 18.0 Å². The molecule has 2 fully saturated rings. The van der Waals surface area contributed by atoms with Crippen molar-refractivity contribution >= 4 is 6.09 Å². The van der Waals surface area contributed by atoms with E-state index < -0.39 is 5.60 Å². The Labute approximate surface area is 176 Å². The molecule has 1 saturated heterocycles. The van der Waals surface area contributed by atoms with Crippen molar-refractivity contribution in [1.82, 2.24) is 19.9 Å². The van der Waals surface area contributed by atoms with Gasteiger partial charge in [-0.05, 0) is 53.2 Å². The van der Waals surface area contributed by atoms with E-state index in [1.807, 2.05) is 51.7 Å². The van der Waals surface area contributed by atoms with Gasteiger partial charge in [-0.25, -0.2) is 14.8 Å². The maximum absolute atomic E-state index is 12.4. The van der Waals surface area contributed by atoms with Gasteiger partial charge in [-0.3, -0.25) is 4.98 Å². The number of pyridine rings is 1. The van der Waals surface area contributed by atoms with E-state index in [1.54, 1.807) is 6.20 Å². The van der Waals surface area contributed by atoms with Gasteiger partial charge in [0.2, 0.25) is 11.8 Å². The Balaban J connectivity index is 1.42. The number of fused-ring (bicyclic) bond motifs is 2. The Morgan fingerprint density at radius 3 is 2.57 bits per heavy atom. The minimum atomic E-state index is -0.490. The highest BCUT2D eigenvalue weighted by atomic mass is 16.6. The van der Waals surface area contributed by atoms with Crippen LogP contribution in [0, 0.1) is 19.8 Å². The normalized spacial score (nSPS) is 22.8. The molecule has 0 radical (unpaired) electrons. The van der Waals surface area contributed by atoms with Crippen LogP contribution in [-0.4, -0.2) is 50.2 Å². The maximum atomic E-state index is 12.4. The first kappa shape index (κ1) is 20.4. The van der Waals surface area contributed by atoms with E-state index in [0.717, 1.165) is 24.1 Å². The number of hydrogen-bond acceptors (Lipinski definition) is 7. The van der Waals surface area contributed by atoms with Crippen LogP contribution in [0.25, 0.3) is 0 Å². The summed E-state index contributed by atoms with van der Waals surface area (Å²) in [6.07, 6.45) is 4.63. The molecule has 160 valence electrons. The van der Waals surface area contributed by atoms with Crippen molar-refractivity contribution in [2.24, 2.45) is 5.92 Å². The third-order valence-corrected chi connectivity index (χ3v) is 5.52. The number of carbonyl (C=O) groups excluding carboxylic acids is 1. The van der Waals surface area contributed by atoms with Crippen molar-refractivity contribution < 1.29 is 19.0 Å². The molecule has 0 N–H and O–H groups in total. The van der Waals surface area contributed by atoms with E-state index in [0.29, 0.717) is 24.1 Å². The first-order valence-electron chi connectivity index (χ1n) is 10.3. The zero-order valence-corrected chi connectivity index (χ0v) is 18.1. The number of nitrogens with zero attached hydrogens (tertiary/aromatic N) is 4. The summed E-state index contributed by atoms with van der Waals surface area (Å²) in [7, 11) is 0. The highest BCUT2D eigenvalue weighted by molar-refractivity contribution is 5.69. The van der Waals surface area contributed by atoms with Gasteiger partial charge in [0, 0.05) is 31.1 Å². The second-order valence-corrected chi connectivity index (χ2v) is 8.97. The van der Waals surface area contributed by atoms with Gasteiger partial charge in [0.25, 0.3) is 0 Å². The number of amides is 1. The number of aryl methyl sites for hydroxylation is 1. The number of ether oxygens (including phenoxy) is 3. The molecular formula is C22H28N4O4. The molecule has 4 rings (SSSR count). The van der Waals surface area contributed by atoms with Gasteiger partial charge in [-0.1, -0.05) is 0 Å². The third-order valence-electron chi connectivity index (χ3n) is 5.52. The molecule has 8 nitrogen and oxygen atoms in total. The minimum absolute atomic E-state index is 0.00950. The summed E-state index contributed by atoms with van der Waals surface area (Å²) in [5, 5.41) is 0. The molecule has 3 atom stereocenters. The second kappa shape index (κ2) is 7.74. The Bertz CT molecular complexity index is 943. The molecule has 2 aromatic rings. The molecule has 2 bridgehead atoms. The largest absolute Gasteiger partial charge is 0.474 e. The predicted octanol–water partition coefficient (Wildman–Crippen LogP) is 4.06. The summed E-state index contributed by atoms with van der Waals surface area (Å²) >= 11 is 0. The van der Waals surface area contributed by atoms with Gasteiger partial charge >= 0.3 is 6.09 Å². The fourth-order valence-electron chi connectivity index (χ4n) is 4.06. The zero-order chi connectivity index (χ0) is 21.5. The Hall–Kier alpha value is -2.90. The Kier molecular flexibility index (Phi) is 5.26. The predicted molar refractivity (Wildman–Crippen MR) is 110 cm³/mol. The lowest BCUT2D eigenvalue weighted by Gasteiger charge is -2.33. The van der Waals surface area contributed by atoms with Crippen LogP contribution in [0.3, 0.4) is 0 Å². The van der Waals surface area contributed by atoms with Crippen LogP contribution in [0.2, 0.25) is 0 Å². The van der Waals surface area contributed by atoms with Gasteiger partial charge in [0.15, 0.2) is 5.75 Å². The fourth-order valence-corrected chi connectivity index (χ4v) is 4.06. The van der Waals surface area contributed by atoms with Crippen LogP contribution in [-0.2, 0) is 4.74 Å². The molecule has 1 aliphatic heterocycles. The van der Waals surface area contributed by atoms with Crippen LogP contribution in [0.15, 0.2) is 24.7 Å². The topological polar surface area (TPSA) is 86.7 Å². The number of piperidine rings is 1. The molecule has 1 aliphatic carbocycles. The number of aromatic nitrogens is 3. The van der Waals surface area contributed by atoms with Gasteiger partial charge < -0.3 is 19.1 Å². The lowest BCUT2D eigenvalue weighted by atomic mass is 10.1. The third kappa shape index (κ3) is 4.17. The van der Waals surface area contributed by atoms with Gasteiger partial charge in [0.05, 0.1) is 11.3 Å². The van der Waals surface area contributed by atoms with Crippen LogP contribution in [0.4, 0.5) is 4.79 Å². The number of likely N-dealkylation sites (tertiary alicyclic amines) is 1. The second-order valence-electron chi connectivity index (χ2n) is 8.97. The average Bonchev–Trinajstić information content (AvgIpc) is 3.26. The summed E-state index contributed by atoms with van der Waals surface area (Å²) < 4.78 is 17.7. The number of rotatable bonds is 4. The van der Waals surface area contributed by atoms with Gasteiger partial charge in [-0.2, -0.15) is 0 Å². The van der Waals surface area contributed by atoms with E-state index in [-0.39, 0.29) is 24.2 Å². The highest BCUT2D eigenvalue weighted by Crippen LogP contribution is 2.41. The van der Waals surface area contributed by atoms with Crippen LogP contribution in [0.5, 0.6) is 17.5 Å². The first-order chi connectivity index (χ1) is 14.2. The molecule has 2 aliphatic rings. The van der Waals surface area contributed by atoms with Crippen molar-refractivity contribution in [3.05, 3.63) is 35.9 Å².